The molecule has 2 aromatic heterocycles. The van der Waals surface area contributed by atoms with Crippen molar-refractivity contribution in [3.63, 3.8) is 0 Å². The maximum Gasteiger partial charge on any atom is 0.143 e. The molecule has 0 saturated heterocycles. The molecule has 0 saturated carbocycles. The normalized spacial score (nSPS) is 11.8. The van der Waals surface area contributed by atoms with Crippen LogP contribution in [0.2, 0.25) is 0 Å². The summed E-state index contributed by atoms with van der Waals surface area (Å²) >= 11 is 0. The number of rotatable bonds is 4. The Hall–Kier alpha value is -6.32. The molecule has 0 N–H and O–H groups in total. The van der Waals surface area contributed by atoms with Crippen molar-refractivity contribution < 1.29 is 8.83 Å². The second-order valence-corrected chi connectivity index (χ2v) is 12.0. The lowest BCUT2D eigenvalue weighted by molar-refractivity contribution is 0.670. The lowest BCUT2D eigenvalue weighted by atomic mass is 9.98. The van der Waals surface area contributed by atoms with E-state index in [0.29, 0.717) is 0 Å². The second-order valence-electron chi connectivity index (χ2n) is 12.0. The molecule has 220 valence electrons. The van der Waals surface area contributed by atoms with E-state index in [2.05, 4.69) is 157 Å². The maximum atomic E-state index is 6.68. The van der Waals surface area contributed by atoms with Crippen molar-refractivity contribution >= 4 is 82.5 Å². The van der Waals surface area contributed by atoms with Crippen molar-refractivity contribution in [2.24, 2.45) is 0 Å². The van der Waals surface area contributed by atoms with Crippen LogP contribution in [0.5, 0.6) is 0 Å². The van der Waals surface area contributed by atoms with Crippen LogP contribution >= 0.6 is 0 Å². The number of benzene rings is 8. The van der Waals surface area contributed by atoms with Crippen molar-refractivity contribution in [2.75, 3.05) is 4.90 Å². The fourth-order valence-electron chi connectivity index (χ4n) is 7.37. The molecule has 8 aromatic carbocycles. The summed E-state index contributed by atoms with van der Waals surface area (Å²) in [6.45, 7) is 0. The van der Waals surface area contributed by atoms with Crippen molar-refractivity contribution in [2.45, 2.75) is 0 Å². The summed E-state index contributed by atoms with van der Waals surface area (Å²) in [4.78, 5) is 2.41. The van der Waals surface area contributed by atoms with Crippen LogP contribution in [0.25, 0.3) is 76.5 Å². The number of nitrogens with zero attached hydrogens (tertiary/aromatic N) is 1. The smallest absolute Gasteiger partial charge is 0.143 e. The van der Waals surface area contributed by atoms with E-state index in [4.69, 9.17) is 8.83 Å². The summed E-state index contributed by atoms with van der Waals surface area (Å²) < 4.78 is 13.3. The molecule has 0 aliphatic carbocycles. The third kappa shape index (κ3) is 3.87. The summed E-state index contributed by atoms with van der Waals surface area (Å²) in [5.41, 5.74) is 8.87. The van der Waals surface area contributed by atoms with Crippen LogP contribution in [0.1, 0.15) is 0 Å². The average Bonchev–Trinajstić information content (AvgIpc) is 3.72. The Balaban J connectivity index is 1.32. The van der Waals surface area contributed by atoms with Crippen LogP contribution in [0, 0.1) is 0 Å². The van der Waals surface area contributed by atoms with E-state index in [-0.39, 0.29) is 0 Å². The van der Waals surface area contributed by atoms with Gasteiger partial charge in [-0.15, -0.1) is 0 Å². The first kappa shape index (κ1) is 26.0. The van der Waals surface area contributed by atoms with Gasteiger partial charge in [-0.2, -0.15) is 0 Å². The molecule has 0 aliphatic heterocycles. The molecule has 47 heavy (non-hydrogen) atoms. The topological polar surface area (TPSA) is 29.5 Å². The van der Waals surface area contributed by atoms with E-state index in [0.717, 1.165) is 82.8 Å². The van der Waals surface area contributed by atoms with E-state index < -0.39 is 0 Å². The van der Waals surface area contributed by atoms with Crippen molar-refractivity contribution in [3.05, 3.63) is 164 Å². The van der Waals surface area contributed by atoms with Gasteiger partial charge in [-0.25, -0.2) is 0 Å². The van der Waals surface area contributed by atoms with Crippen LogP contribution in [0.15, 0.2) is 173 Å². The Bertz CT molecular complexity index is 2820. The van der Waals surface area contributed by atoms with Crippen LogP contribution in [0.3, 0.4) is 0 Å². The van der Waals surface area contributed by atoms with Gasteiger partial charge in [0, 0.05) is 38.1 Å². The quantitative estimate of drug-likeness (QED) is 0.201. The first-order valence-electron chi connectivity index (χ1n) is 15.9. The van der Waals surface area contributed by atoms with Crippen molar-refractivity contribution in [1.29, 1.82) is 0 Å². The van der Waals surface area contributed by atoms with Gasteiger partial charge in [0.15, 0.2) is 0 Å². The van der Waals surface area contributed by atoms with E-state index in [1.807, 2.05) is 12.1 Å². The molecule has 10 rings (SSSR count). The van der Waals surface area contributed by atoms with Gasteiger partial charge in [0.05, 0.1) is 22.4 Å². The van der Waals surface area contributed by atoms with Crippen LogP contribution in [-0.4, -0.2) is 0 Å². The Morgan fingerprint density at radius 1 is 0.319 bits per heavy atom. The molecule has 0 radical (unpaired) electrons. The van der Waals surface area contributed by atoms with Crippen molar-refractivity contribution in [3.8, 4) is 11.1 Å². The summed E-state index contributed by atoms with van der Waals surface area (Å²) in [6, 6.07) is 57.8. The monoisotopic (exact) mass is 601 g/mol. The zero-order valence-electron chi connectivity index (χ0n) is 25.4. The number of hydrogen-bond donors (Lipinski definition) is 0. The molecule has 0 fully saturated rings. The molecule has 2 heterocycles. The molecule has 0 spiro atoms. The third-order valence-electron chi connectivity index (χ3n) is 9.45. The van der Waals surface area contributed by atoms with Gasteiger partial charge < -0.3 is 13.7 Å². The average molecular weight is 602 g/mol. The minimum Gasteiger partial charge on any atom is -0.455 e. The van der Waals surface area contributed by atoms with Gasteiger partial charge in [0.25, 0.3) is 0 Å². The molecular weight excluding hydrogens is 574 g/mol. The minimum atomic E-state index is 0.857. The highest BCUT2D eigenvalue weighted by Gasteiger charge is 2.24. The molecule has 10 aromatic rings. The van der Waals surface area contributed by atoms with E-state index in [9.17, 15) is 0 Å². The second kappa shape index (κ2) is 10.1. The first-order chi connectivity index (χ1) is 23.3. The first-order valence-corrected chi connectivity index (χ1v) is 15.9. The maximum absolute atomic E-state index is 6.68. The van der Waals surface area contributed by atoms with Gasteiger partial charge >= 0.3 is 0 Å². The van der Waals surface area contributed by atoms with Gasteiger partial charge in [-0.05, 0) is 47.2 Å². The lowest BCUT2D eigenvalue weighted by Gasteiger charge is -2.29. The Morgan fingerprint density at radius 3 is 1.81 bits per heavy atom. The molecule has 0 unspecified atom stereocenters. The number of hydrogen-bond acceptors (Lipinski definition) is 3. The highest BCUT2D eigenvalue weighted by atomic mass is 16.3. The number of para-hydroxylation sites is 3. The molecule has 0 aliphatic rings. The molecule has 0 atom stereocenters. The number of furan rings is 2. The van der Waals surface area contributed by atoms with Gasteiger partial charge in [0.1, 0.15) is 22.3 Å². The molecular formula is C44H27NO2. The Labute approximate surface area is 270 Å². The molecule has 0 amide bonds. The summed E-state index contributed by atoms with van der Waals surface area (Å²) in [5.74, 6) is 0. The predicted molar refractivity (Wildman–Crippen MR) is 196 cm³/mol. The standard InChI is InChI=1S/C44H27NO2/c1-3-15-30-28(12-1)14-9-22-37(30)45(39-23-11-25-41-42(39)36-27-26-29-13-2-4-16-31(29)43(36)47-41)38-21-7-5-17-32(38)34-19-10-20-35-33-18-6-8-24-40(33)46-44(34)35/h1-27H. The number of anilines is 3. The highest BCUT2D eigenvalue weighted by molar-refractivity contribution is 6.21. The largest absolute Gasteiger partial charge is 0.455 e. The summed E-state index contributed by atoms with van der Waals surface area (Å²) in [5, 5.41) is 9.03. The SMILES string of the molecule is c1ccc(N(c2cccc3ccccc23)c2cccc3oc4c5ccccc5ccc4c23)c(-c2cccc3c2oc2ccccc23)c1. The van der Waals surface area contributed by atoms with Crippen LogP contribution in [-0.2, 0) is 0 Å². The Kier molecular flexibility index (Phi) is 5.57. The Morgan fingerprint density at radius 2 is 0.894 bits per heavy atom. The minimum absolute atomic E-state index is 0.857. The zero-order chi connectivity index (χ0) is 30.9. The number of fused-ring (bicyclic) bond motifs is 9. The highest BCUT2D eigenvalue weighted by Crippen LogP contribution is 2.49. The molecule has 0 bridgehead atoms. The van der Waals surface area contributed by atoms with Gasteiger partial charge in [-0.3, -0.25) is 0 Å². The van der Waals surface area contributed by atoms with Crippen LogP contribution in [0.4, 0.5) is 17.1 Å². The predicted octanol–water partition coefficient (Wildman–Crippen LogP) is 12.9. The van der Waals surface area contributed by atoms with E-state index in [1.165, 1.54) is 10.8 Å². The molecule has 3 nitrogen and oxygen atoms in total. The fourth-order valence-corrected chi connectivity index (χ4v) is 7.37. The van der Waals surface area contributed by atoms with Gasteiger partial charge in [-0.1, -0.05) is 127 Å². The van der Waals surface area contributed by atoms with Crippen molar-refractivity contribution in [1.82, 2.24) is 0 Å². The van der Waals surface area contributed by atoms with Gasteiger partial charge in [0.2, 0.25) is 0 Å². The summed E-state index contributed by atoms with van der Waals surface area (Å²) in [7, 11) is 0. The third-order valence-corrected chi connectivity index (χ3v) is 9.45. The van der Waals surface area contributed by atoms with E-state index in [1.54, 1.807) is 0 Å². The van der Waals surface area contributed by atoms with E-state index >= 15 is 0 Å². The van der Waals surface area contributed by atoms with Crippen LogP contribution < -0.4 is 4.90 Å². The molecule has 3 heteroatoms. The summed E-state index contributed by atoms with van der Waals surface area (Å²) in [6.07, 6.45) is 0. The zero-order valence-corrected chi connectivity index (χ0v) is 25.4. The lowest BCUT2D eigenvalue weighted by Crippen LogP contribution is -2.12. The fraction of sp³-hybridized carbons (Fsp3) is 0.